The van der Waals surface area contributed by atoms with Gasteiger partial charge in [0.05, 0.1) is 30.3 Å². The van der Waals surface area contributed by atoms with E-state index in [1.54, 1.807) is 18.9 Å². The van der Waals surface area contributed by atoms with Gasteiger partial charge in [0.1, 0.15) is 6.33 Å². The Balaban J connectivity index is 1.49. The Labute approximate surface area is 160 Å². The molecule has 1 aromatic carbocycles. The van der Waals surface area contributed by atoms with Crippen molar-refractivity contribution in [1.29, 1.82) is 0 Å². The minimum absolute atomic E-state index is 0.162. The highest BCUT2D eigenvalue weighted by atomic mass is 16.3. The molecule has 1 aliphatic rings. The van der Waals surface area contributed by atoms with Crippen molar-refractivity contribution in [2.45, 2.75) is 20.4 Å². The number of aliphatic imine (C=N–C) groups is 1. The lowest BCUT2D eigenvalue weighted by Crippen LogP contribution is -2.17. The van der Waals surface area contributed by atoms with Gasteiger partial charge in [0.15, 0.2) is 5.65 Å². The number of fused-ring (bicyclic) bond motifs is 2. The van der Waals surface area contributed by atoms with E-state index >= 15 is 0 Å². The fourth-order valence-corrected chi connectivity index (χ4v) is 3.72. The SMILES string of the molecule is Cc1cc2nncn2c(C)c1C(=O)Nc1ccc2c(c1)C(c1ccoc1)=NC2. The number of hydrogen-bond acceptors (Lipinski definition) is 5. The second kappa shape index (κ2) is 6.16. The van der Waals surface area contributed by atoms with Gasteiger partial charge in [0.25, 0.3) is 5.91 Å². The van der Waals surface area contributed by atoms with E-state index in [0.717, 1.165) is 45.0 Å². The lowest BCUT2D eigenvalue weighted by Gasteiger charge is -2.13. The first-order chi connectivity index (χ1) is 13.6. The summed E-state index contributed by atoms with van der Waals surface area (Å²) in [6.45, 7) is 4.43. The lowest BCUT2D eigenvalue weighted by atomic mass is 10.0. The third-order valence-corrected chi connectivity index (χ3v) is 5.09. The van der Waals surface area contributed by atoms with Gasteiger partial charge in [-0.3, -0.25) is 14.2 Å². The Morgan fingerprint density at radius 2 is 2.11 bits per heavy atom. The summed E-state index contributed by atoms with van der Waals surface area (Å²) in [6.07, 6.45) is 4.93. The summed E-state index contributed by atoms with van der Waals surface area (Å²) in [6, 6.07) is 9.63. The quantitative estimate of drug-likeness (QED) is 0.597. The van der Waals surface area contributed by atoms with Gasteiger partial charge in [-0.25, -0.2) is 0 Å². The average molecular weight is 371 g/mol. The normalized spacial score (nSPS) is 12.9. The number of hydrogen-bond donors (Lipinski definition) is 1. The Bertz CT molecular complexity index is 1250. The van der Waals surface area contributed by atoms with Crippen LogP contribution in [0.1, 0.15) is 38.3 Å². The molecule has 28 heavy (non-hydrogen) atoms. The van der Waals surface area contributed by atoms with Crippen molar-refractivity contribution in [1.82, 2.24) is 14.6 Å². The van der Waals surface area contributed by atoms with E-state index in [0.29, 0.717) is 12.1 Å². The lowest BCUT2D eigenvalue weighted by molar-refractivity contribution is 0.102. The summed E-state index contributed by atoms with van der Waals surface area (Å²) >= 11 is 0. The molecule has 0 atom stereocenters. The van der Waals surface area contributed by atoms with Crippen molar-refractivity contribution in [2.75, 3.05) is 5.32 Å². The molecule has 3 aromatic heterocycles. The molecule has 1 aliphatic heterocycles. The van der Waals surface area contributed by atoms with Crippen LogP contribution in [0.5, 0.6) is 0 Å². The number of furan rings is 1. The van der Waals surface area contributed by atoms with E-state index in [4.69, 9.17) is 4.42 Å². The summed E-state index contributed by atoms with van der Waals surface area (Å²) < 4.78 is 7.00. The van der Waals surface area contributed by atoms with E-state index in [1.807, 2.05) is 48.6 Å². The monoisotopic (exact) mass is 371 g/mol. The van der Waals surface area contributed by atoms with Crippen LogP contribution in [0.25, 0.3) is 5.65 Å². The Morgan fingerprint density at radius 3 is 2.93 bits per heavy atom. The van der Waals surface area contributed by atoms with Crippen molar-refractivity contribution >= 4 is 23.0 Å². The summed E-state index contributed by atoms with van der Waals surface area (Å²) in [5, 5.41) is 11.0. The third kappa shape index (κ3) is 2.51. The molecule has 0 unspecified atom stereocenters. The first-order valence-corrected chi connectivity index (χ1v) is 8.93. The molecule has 1 amide bonds. The van der Waals surface area contributed by atoms with E-state index in [9.17, 15) is 4.79 Å². The van der Waals surface area contributed by atoms with Crippen molar-refractivity contribution in [3.63, 3.8) is 0 Å². The molecule has 1 N–H and O–H groups in total. The van der Waals surface area contributed by atoms with Gasteiger partial charge in [0, 0.05) is 22.5 Å². The number of benzene rings is 1. The van der Waals surface area contributed by atoms with Gasteiger partial charge in [-0.1, -0.05) is 6.07 Å². The third-order valence-electron chi connectivity index (χ3n) is 5.09. The molecule has 0 saturated carbocycles. The summed E-state index contributed by atoms with van der Waals surface area (Å²) in [5.41, 5.74) is 7.71. The predicted molar refractivity (Wildman–Crippen MR) is 105 cm³/mol. The van der Waals surface area contributed by atoms with Crippen LogP contribution in [0.2, 0.25) is 0 Å². The molecule has 0 bridgehead atoms. The van der Waals surface area contributed by atoms with Crippen molar-refractivity contribution in [2.24, 2.45) is 4.99 Å². The maximum Gasteiger partial charge on any atom is 0.257 e. The first kappa shape index (κ1) is 16.4. The van der Waals surface area contributed by atoms with Crippen LogP contribution in [0.15, 0.2) is 58.6 Å². The van der Waals surface area contributed by atoms with Crippen LogP contribution in [0.4, 0.5) is 5.69 Å². The number of nitrogens with zero attached hydrogens (tertiary/aromatic N) is 4. The van der Waals surface area contributed by atoms with Gasteiger partial charge < -0.3 is 9.73 Å². The second-order valence-corrected chi connectivity index (χ2v) is 6.85. The smallest absolute Gasteiger partial charge is 0.257 e. The van der Waals surface area contributed by atoms with Crippen LogP contribution in [-0.2, 0) is 6.54 Å². The number of amides is 1. The van der Waals surface area contributed by atoms with Crippen molar-refractivity contribution in [3.8, 4) is 0 Å². The van der Waals surface area contributed by atoms with E-state index < -0.39 is 0 Å². The van der Waals surface area contributed by atoms with Crippen LogP contribution in [0.3, 0.4) is 0 Å². The Morgan fingerprint density at radius 1 is 1.21 bits per heavy atom. The van der Waals surface area contributed by atoms with Gasteiger partial charge in [0.2, 0.25) is 0 Å². The minimum atomic E-state index is -0.162. The zero-order valence-electron chi connectivity index (χ0n) is 15.4. The van der Waals surface area contributed by atoms with Crippen LogP contribution in [-0.4, -0.2) is 26.2 Å². The van der Waals surface area contributed by atoms with Crippen molar-refractivity contribution in [3.05, 3.63) is 82.7 Å². The molecule has 0 aliphatic carbocycles. The largest absolute Gasteiger partial charge is 0.472 e. The fourth-order valence-electron chi connectivity index (χ4n) is 3.72. The van der Waals surface area contributed by atoms with Crippen LogP contribution in [0, 0.1) is 13.8 Å². The first-order valence-electron chi connectivity index (χ1n) is 8.93. The van der Waals surface area contributed by atoms with Crippen LogP contribution < -0.4 is 5.32 Å². The van der Waals surface area contributed by atoms with Gasteiger partial charge in [-0.2, -0.15) is 0 Å². The standard InChI is InChI=1S/C21H17N5O2/c1-12-7-18-25-23-11-26(18)13(2)19(12)21(27)24-16-4-3-14-9-22-20(17(14)8-16)15-5-6-28-10-15/h3-8,10-11H,9H2,1-2H3,(H,24,27). The molecular weight excluding hydrogens is 354 g/mol. The fraction of sp³-hybridized carbons (Fsp3) is 0.143. The van der Waals surface area contributed by atoms with Crippen LogP contribution >= 0.6 is 0 Å². The molecule has 5 rings (SSSR count). The predicted octanol–water partition coefficient (Wildman–Crippen LogP) is 3.54. The molecule has 7 heteroatoms. The second-order valence-electron chi connectivity index (χ2n) is 6.85. The highest BCUT2D eigenvalue weighted by Gasteiger charge is 2.20. The van der Waals surface area contributed by atoms with Gasteiger partial charge in [-0.05, 0) is 49.2 Å². The topological polar surface area (TPSA) is 84.8 Å². The van der Waals surface area contributed by atoms with E-state index in [1.165, 1.54) is 0 Å². The zero-order valence-corrected chi connectivity index (χ0v) is 15.4. The molecule has 0 spiro atoms. The Hall–Kier alpha value is -3.74. The number of carbonyl (C=O) groups is 1. The van der Waals surface area contributed by atoms with E-state index in [2.05, 4.69) is 20.5 Å². The maximum absolute atomic E-state index is 13.0. The molecule has 4 heterocycles. The number of nitrogens with one attached hydrogen (secondary N) is 1. The Kier molecular flexibility index (Phi) is 3.61. The molecule has 0 radical (unpaired) electrons. The number of aromatic nitrogens is 3. The number of anilines is 1. The summed E-state index contributed by atoms with van der Waals surface area (Å²) in [5.74, 6) is -0.162. The molecule has 0 fully saturated rings. The van der Waals surface area contributed by atoms with E-state index in [-0.39, 0.29) is 5.91 Å². The van der Waals surface area contributed by atoms with Gasteiger partial charge in [-0.15, -0.1) is 10.2 Å². The summed E-state index contributed by atoms with van der Waals surface area (Å²) in [7, 11) is 0. The number of pyridine rings is 1. The molecule has 7 nitrogen and oxygen atoms in total. The zero-order chi connectivity index (χ0) is 19.3. The number of aryl methyl sites for hydroxylation is 2. The number of rotatable bonds is 3. The highest BCUT2D eigenvalue weighted by Crippen LogP contribution is 2.27. The summed E-state index contributed by atoms with van der Waals surface area (Å²) in [4.78, 5) is 17.6. The maximum atomic E-state index is 13.0. The highest BCUT2D eigenvalue weighted by molar-refractivity contribution is 6.16. The number of carbonyl (C=O) groups excluding carboxylic acids is 1. The molecule has 4 aromatic rings. The molecule has 0 saturated heterocycles. The average Bonchev–Trinajstić information content (AvgIpc) is 3.41. The molecule has 138 valence electrons. The minimum Gasteiger partial charge on any atom is -0.472 e. The molecular formula is C21H17N5O2. The van der Waals surface area contributed by atoms with Crippen molar-refractivity contribution < 1.29 is 9.21 Å². The van der Waals surface area contributed by atoms with Gasteiger partial charge >= 0.3 is 0 Å².